The van der Waals surface area contributed by atoms with Crippen LogP contribution in [0.2, 0.25) is 0 Å². The fourth-order valence-electron chi connectivity index (χ4n) is 1.44. The van der Waals surface area contributed by atoms with Crippen LogP contribution >= 0.6 is 0 Å². The van der Waals surface area contributed by atoms with Crippen LogP contribution in [0.1, 0.15) is 5.56 Å². The molecule has 1 N–H and O–H groups in total. The van der Waals surface area contributed by atoms with Crippen molar-refractivity contribution in [2.75, 3.05) is 19.5 Å². The summed E-state index contributed by atoms with van der Waals surface area (Å²) in [5.41, 5.74) is 0.282. The maximum absolute atomic E-state index is 13.5. The van der Waals surface area contributed by atoms with Crippen molar-refractivity contribution in [2.45, 2.75) is 6.54 Å². The summed E-state index contributed by atoms with van der Waals surface area (Å²) >= 11 is 0. The molecule has 0 fully saturated rings. The molecule has 8 heteroatoms. The Labute approximate surface area is 113 Å². The van der Waals surface area contributed by atoms with E-state index < -0.39 is 11.6 Å². The molecule has 0 radical (unpaired) electrons. The molecule has 0 unspecified atom stereocenters. The second kappa shape index (κ2) is 6.09. The molecule has 1 heterocycles. The molecule has 2 rings (SSSR count). The van der Waals surface area contributed by atoms with E-state index in [4.69, 9.17) is 9.47 Å². The Morgan fingerprint density at radius 2 is 1.70 bits per heavy atom. The van der Waals surface area contributed by atoms with Crippen molar-refractivity contribution in [2.24, 2.45) is 0 Å². The van der Waals surface area contributed by atoms with Gasteiger partial charge < -0.3 is 14.8 Å². The maximum atomic E-state index is 13.5. The van der Waals surface area contributed by atoms with Gasteiger partial charge in [-0.3, -0.25) is 0 Å². The predicted molar refractivity (Wildman–Crippen MR) is 66.6 cm³/mol. The molecule has 106 valence electrons. The highest BCUT2D eigenvalue weighted by molar-refractivity contribution is 5.30. The molecule has 0 bridgehead atoms. The summed E-state index contributed by atoms with van der Waals surface area (Å²) in [6.07, 6.45) is 0. The average molecular weight is 282 g/mol. The molecule has 0 atom stereocenters. The fraction of sp³-hybridized carbons (Fsp3) is 0.250. The van der Waals surface area contributed by atoms with E-state index in [9.17, 15) is 8.78 Å². The van der Waals surface area contributed by atoms with Crippen molar-refractivity contribution >= 4 is 5.95 Å². The van der Waals surface area contributed by atoms with Gasteiger partial charge in [0.15, 0.2) is 0 Å². The van der Waals surface area contributed by atoms with Crippen LogP contribution in [0.15, 0.2) is 18.2 Å². The number of aromatic nitrogens is 3. The van der Waals surface area contributed by atoms with E-state index in [1.54, 1.807) is 0 Å². The lowest BCUT2D eigenvalue weighted by molar-refractivity contribution is 0.341. The third-order valence-electron chi connectivity index (χ3n) is 2.41. The third kappa shape index (κ3) is 3.28. The highest BCUT2D eigenvalue weighted by Crippen LogP contribution is 2.14. The Bertz CT molecular complexity index is 588. The molecule has 2 aromatic rings. The Morgan fingerprint density at radius 1 is 1.05 bits per heavy atom. The minimum absolute atomic E-state index is 0.0685. The Morgan fingerprint density at radius 3 is 2.25 bits per heavy atom. The number of ether oxygens (including phenoxy) is 2. The van der Waals surface area contributed by atoms with Crippen molar-refractivity contribution in [1.29, 1.82) is 0 Å². The number of halogens is 2. The Balaban J connectivity index is 2.13. The smallest absolute Gasteiger partial charge is 0.324 e. The first-order chi connectivity index (χ1) is 9.62. The second-order valence-corrected chi connectivity index (χ2v) is 3.72. The van der Waals surface area contributed by atoms with Crippen molar-refractivity contribution in [3.63, 3.8) is 0 Å². The molecule has 6 nitrogen and oxygen atoms in total. The first-order valence-electron chi connectivity index (χ1n) is 5.64. The third-order valence-corrected chi connectivity index (χ3v) is 2.41. The number of nitrogens with zero attached hydrogens (tertiary/aromatic N) is 3. The zero-order valence-corrected chi connectivity index (χ0v) is 10.9. The molecule has 0 aliphatic heterocycles. The van der Waals surface area contributed by atoms with Crippen LogP contribution in [-0.2, 0) is 6.54 Å². The second-order valence-electron chi connectivity index (χ2n) is 3.72. The van der Waals surface area contributed by atoms with Crippen LogP contribution in [0.5, 0.6) is 12.0 Å². The number of rotatable bonds is 5. The summed E-state index contributed by atoms with van der Waals surface area (Å²) in [4.78, 5) is 11.7. The van der Waals surface area contributed by atoms with Crippen molar-refractivity contribution in [3.8, 4) is 12.0 Å². The number of anilines is 1. The lowest BCUT2D eigenvalue weighted by Gasteiger charge is -2.08. The summed E-state index contributed by atoms with van der Waals surface area (Å²) in [6, 6.07) is 3.46. The molecule has 0 aliphatic carbocycles. The van der Waals surface area contributed by atoms with Gasteiger partial charge in [-0.25, -0.2) is 8.78 Å². The minimum Gasteiger partial charge on any atom is -0.467 e. The zero-order valence-electron chi connectivity index (χ0n) is 10.9. The largest absolute Gasteiger partial charge is 0.467 e. The quantitative estimate of drug-likeness (QED) is 0.901. The molecule has 1 aromatic heterocycles. The summed E-state index contributed by atoms with van der Waals surface area (Å²) in [6.45, 7) is 0.0857. The minimum atomic E-state index is -0.648. The molecule has 20 heavy (non-hydrogen) atoms. The van der Waals surface area contributed by atoms with Crippen molar-refractivity contribution < 1.29 is 18.3 Å². The molecule has 0 saturated heterocycles. The molecular weight excluding hydrogens is 270 g/mol. The van der Waals surface area contributed by atoms with Crippen LogP contribution in [-0.4, -0.2) is 29.2 Å². The maximum Gasteiger partial charge on any atom is 0.324 e. The van der Waals surface area contributed by atoms with Gasteiger partial charge in [-0.1, -0.05) is 6.07 Å². The van der Waals surface area contributed by atoms with E-state index in [1.807, 2.05) is 0 Å². The van der Waals surface area contributed by atoms with Crippen molar-refractivity contribution in [3.05, 3.63) is 35.4 Å². The Hall–Kier alpha value is -2.51. The van der Waals surface area contributed by atoms with Gasteiger partial charge in [0.2, 0.25) is 5.95 Å². The molecule has 0 aliphatic rings. The van der Waals surface area contributed by atoms with E-state index >= 15 is 0 Å². The van der Waals surface area contributed by atoms with Gasteiger partial charge in [-0.2, -0.15) is 9.97 Å². The summed E-state index contributed by atoms with van der Waals surface area (Å²) in [5.74, 6) is -1.11. The van der Waals surface area contributed by atoms with Crippen molar-refractivity contribution in [1.82, 2.24) is 15.0 Å². The van der Waals surface area contributed by atoms with E-state index in [0.717, 1.165) is 6.07 Å². The molecular formula is C12H12F2N4O2. The fourth-order valence-corrected chi connectivity index (χ4v) is 1.44. The first-order valence-corrected chi connectivity index (χ1v) is 5.64. The average Bonchev–Trinajstić information content (AvgIpc) is 2.46. The molecule has 0 spiro atoms. The van der Waals surface area contributed by atoms with Crippen LogP contribution in [0, 0.1) is 11.6 Å². The van der Waals surface area contributed by atoms with Crippen LogP contribution in [0.25, 0.3) is 0 Å². The number of hydrogen-bond acceptors (Lipinski definition) is 6. The highest BCUT2D eigenvalue weighted by atomic mass is 19.1. The van der Waals surface area contributed by atoms with Gasteiger partial charge in [0.1, 0.15) is 11.6 Å². The van der Waals surface area contributed by atoms with E-state index in [-0.39, 0.29) is 30.1 Å². The normalized spacial score (nSPS) is 10.2. The Kier molecular flexibility index (Phi) is 4.24. The number of hydrogen-bond donors (Lipinski definition) is 1. The number of benzene rings is 1. The number of methoxy groups -OCH3 is 2. The predicted octanol–water partition coefficient (Wildman–Crippen LogP) is 1.78. The molecule has 0 saturated carbocycles. The molecule has 1 aromatic carbocycles. The van der Waals surface area contributed by atoms with Gasteiger partial charge >= 0.3 is 12.0 Å². The van der Waals surface area contributed by atoms with E-state index in [0.29, 0.717) is 0 Å². The first kappa shape index (κ1) is 13.9. The van der Waals surface area contributed by atoms with Gasteiger partial charge in [-0.15, -0.1) is 4.98 Å². The van der Waals surface area contributed by atoms with Gasteiger partial charge in [0.25, 0.3) is 0 Å². The highest BCUT2D eigenvalue weighted by Gasteiger charge is 2.08. The summed E-state index contributed by atoms with van der Waals surface area (Å²) in [5, 5.41) is 2.79. The van der Waals surface area contributed by atoms with Crippen LogP contribution in [0.4, 0.5) is 14.7 Å². The monoisotopic (exact) mass is 282 g/mol. The van der Waals surface area contributed by atoms with Gasteiger partial charge in [0.05, 0.1) is 14.2 Å². The summed E-state index contributed by atoms with van der Waals surface area (Å²) in [7, 11) is 2.80. The zero-order chi connectivity index (χ0) is 14.5. The van der Waals surface area contributed by atoms with Crippen LogP contribution < -0.4 is 14.8 Å². The summed E-state index contributed by atoms with van der Waals surface area (Å²) < 4.78 is 36.0. The van der Waals surface area contributed by atoms with Gasteiger partial charge in [0, 0.05) is 18.2 Å². The number of nitrogens with one attached hydrogen (secondary N) is 1. The lowest BCUT2D eigenvalue weighted by Crippen LogP contribution is -2.08. The standard InChI is InChI=1S/C12H12F2N4O2/c1-19-11-16-10(17-12(18-11)20-2)15-6-7-3-4-8(13)5-9(7)14/h3-5H,6H2,1-2H3,(H,15,16,17,18). The molecule has 0 amide bonds. The van der Waals surface area contributed by atoms with Gasteiger partial charge in [-0.05, 0) is 6.07 Å². The van der Waals surface area contributed by atoms with Crippen LogP contribution in [0.3, 0.4) is 0 Å². The van der Waals surface area contributed by atoms with E-state index in [1.165, 1.54) is 26.4 Å². The SMILES string of the molecule is COc1nc(NCc2ccc(F)cc2F)nc(OC)n1. The topological polar surface area (TPSA) is 69.2 Å². The lowest BCUT2D eigenvalue weighted by atomic mass is 10.2. The van der Waals surface area contributed by atoms with E-state index in [2.05, 4.69) is 20.3 Å².